The molecular weight excluding hydrogens is 278 g/mol. The molecule has 0 bridgehead atoms. The van der Waals surface area contributed by atoms with Crippen molar-refractivity contribution in [2.45, 2.75) is 19.6 Å². The fourth-order valence-electron chi connectivity index (χ4n) is 2.09. The molecule has 0 amide bonds. The van der Waals surface area contributed by atoms with Crippen LogP contribution >= 0.6 is 11.8 Å². The summed E-state index contributed by atoms with van der Waals surface area (Å²) in [5, 5.41) is 3.52. The summed E-state index contributed by atoms with van der Waals surface area (Å²) in [5.74, 6) is 2.06. The molecule has 1 N–H and O–H groups in total. The second kappa shape index (κ2) is 8.75. The van der Waals surface area contributed by atoms with Gasteiger partial charge in [-0.2, -0.15) is 11.8 Å². The first kappa shape index (κ1) is 15.9. The Bertz CT molecular complexity index is 513. The minimum absolute atomic E-state index is 0.375. The molecular formula is C18H23NOS. The van der Waals surface area contributed by atoms with Crippen LogP contribution in [0.2, 0.25) is 0 Å². The van der Waals surface area contributed by atoms with Crippen molar-refractivity contribution in [3.63, 3.8) is 0 Å². The Kier molecular flexibility index (Phi) is 6.64. The third kappa shape index (κ3) is 5.44. The zero-order valence-corrected chi connectivity index (χ0v) is 13.5. The van der Waals surface area contributed by atoms with Gasteiger partial charge in [-0.3, -0.25) is 0 Å². The van der Waals surface area contributed by atoms with Crippen molar-refractivity contribution >= 4 is 11.8 Å². The van der Waals surface area contributed by atoms with E-state index in [2.05, 4.69) is 42.8 Å². The summed E-state index contributed by atoms with van der Waals surface area (Å²) < 4.78 is 5.80. The first-order valence-electron chi connectivity index (χ1n) is 7.28. The summed E-state index contributed by atoms with van der Waals surface area (Å²) in [7, 11) is 0. The first-order valence-corrected chi connectivity index (χ1v) is 8.68. The van der Waals surface area contributed by atoms with E-state index in [0.717, 1.165) is 18.0 Å². The molecule has 0 aliphatic carbocycles. The zero-order valence-electron chi connectivity index (χ0n) is 12.7. The lowest BCUT2D eigenvalue weighted by atomic mass is 10.1. The van der Waals surface area contributed by atoms with Gasteiger partial charge in [0.2, 0.25) is 0 Å². The summed E-state index contributed by atoms with van der Waals surface area (Å²) in [5.41, 5.74) is 2.48. The number of nitrogens with one attached hydrogen (secondary N) is 1. The van der Waals surface area contributed by atoms with E-state index in [9.17, 15) is 0 Å². The molecule has 0 aliphatic heterocycles. The van der Waals surface area contributed by atoms with Gasteiger partial charge in [0.25, 0.3) is 0 Å². The van der Waals surface area contributed by atoms with Gasteiger partial charge >= 0.3 is 0 Å². The Balaban J connectivity index is 1.84. The molecule has 112 valence electrons. The van der Waals surface area contributed by atoms with Crippen LogP contribution < -0.4 is 10.1 Å². The standard InChI is InChI=1S/C18H23NOS/c1-15(19-12-13-21-2)17-8-10-18(11-9-17)20-14-16-6-4-3-5-7-16/h3-11,15,19H,12-14H2,1-2H3. The average Bonchev–Trinajstić information content (AvgIpc) is 2.54. The Morgan fingerprint density at radius 2 is 1.76 bits per heavy atom. The lowest BCUT2D eigenvalue weighted by Crippen LogP contribution is -2.21. The molecule has 0 aromatic heterocycles. The van der Waals surface area contributed by atoms with Gasteiger partial charge in [-0.05, 0) is 36.4 Å². The molecule has 0 spiro atoms. The van der Waals surface area contributed by atoms with Crippen LogP contribution in [0.15, 0.2) is 54.6 Å². The summed E-state index contributed by atoms with van der Waals surface area (Å²) in [4.78, 5) is 0. The molecule has 0 heterocycles. The second-order valence-electron chi connectivity index (χ2n) is 5.01. The third-order valence-electron chi connectivity index (χ3n) is 3.39. The maximum absolute atomic E-state index is 5.80. The molecule has 2 aromatic carbocycles. The highest BCUT2D eigenvalue weighted by atomic mass is 32.2. The average molecular weight is 301 g/mol. The summed E-state index contributed by atoms with van der Waals surface area (Å²) in [6.45, 7) is 3.84. The minimum Gasteiger partial charge on any atom is -0.489 e. The van der Waals surface area contributed by atoms with Crippen molar-refractivity contribution in [2.75, 3.05) is 18.6 Å². The van der Waals surface area contributed by atoms with Gasteiger partial charge < -0.3 is 10.1 Å². The lowest BCUT2D eigenvalue weighted by molar-refractivity contribution is 0.306. The van der Waals surface area contributed by atoms with Crippen LogP contribution in [0.3, 0.4) is 0 Å². The van der Waals surface area contributed by atoms with Crippen LogP contribution in [-0.2, 0) is 6.61 Å². The number of thioether (sulfide) groups is 1. The number of hydrogen-bond donors (Lipinski definition) is 1. The van der Waals surface area contributed by atoms with E-state index < -0.39 is 0 Å². The zero-order chi connectivity index (χ0) is 14.9. The van der Waals surface area contributed by atoms with Crippen LogP contribution in [0.1, 0.15) is 24.1 Å². The fourth-order valence-corrected chi connectivity index (χ4v) is 2.41. The van der Waals surface area contributed by atoms with Gasteiger partial charge in [0.05, 0.1) is 0 Å². The van der Waals surface area contributed by atoms with Gasteiger partial charge in [0, 0.05) is 18.3 Å². The Morgan fingerprint density at radius 3 is 2.43 bits per heavy atom. The molecule has 0 radical (unpaired) electrons. The van der Waals surface area contributed by atoms with E-state index >= 15 is 0 Å². The molecule has 2 rings (SSSR count). The molecule has 1 unspecified atom stereocenters. The van der Waals surface area contributed by atoms with E-state index in [0.29, 0.717) is 12.6 Å². The van der Waals surface area contributed by atoms with Crippen molar-refractivity contribution in [1.82, 2.24) is 5.32 Å². The Morgan fingerprint density at radius 1 is 1.05 bits per heavy atom. The van der Waals surface area contributed by atoms with Crippen LogP contribution in [0, 0.1) is 0 Å². The smallest absolute Gasteiger partial charge is 0.119 e. The topological polar surface area (TPSA) is 21.3 Å². The molecule has 0 saturated heterocycles. The van der Waals surface area contributed by atoms with E-state index in [4.69, 9.17) is 4.74 Å². The number of benzene rings is 2. The maximum atomic E-state index is 5.80. The van der Waals surface area contributed by atoms with Gasteiger partial charge in [0.15, 0.2) is 0 Å². The van der Waals surface area contributed by atoms with Crippen molar-refractivity contribution in [1.29, 1.82) is 0 Å². The van der Waals surface area contributed by atoms with Crippen LogP contribution in [0.4, 0.5) is 0 Å². The molecule has 0 fully saturated rings. The first-order chi connectivity index (χ1) is 10.3. The Labute approximate surface area is 131 Å². The maximum Gasteiger partial charge on any atom is 0.119 e. The van der Waals surface area contributed by atoms with Crippen molar-refractivity contribution in [2.24, 2.45) is 0 Å². The fraction of sp³-hybridized carbons (Fsp3) is 0.333. The third-order valence-corrected chi connectivity index (χ3v) is 4.00. The molecule has 1 atom stereocenters. The monoisotopic (exact) mass is 301 g/mol. The summed E-state index contributed by atoms with van der Waals surface area (Å²) in [6, 6.07) is 19.0. The van der Waals surface area contributed by atoms with Gasteiger partial charge in [0.1, 0.15) is 12.4 Å². The van der Waals surface area contributed by atoms with Gasteiger partial charge in [-0.25, -0.2) is 0 Å². The summed E-state index contributed by atoms with van der Waals surface area (Å²) in [6.07, 6.45) is 2.13. The number of hydrogen-bond acceptors (Lipinski definition) is 3. The molecule has 2 aromatic rings. The SMILES string of the molecule is CSCCNC(C)c1ccc(OCc2ccccc2)cc1. The van der Waals surface area contributed by atoms with Crippen molar-refractivity contribution in [3.05, 3.63) is 65.7 Å². The van der Waals surface area contributed by atoms with Gasteiger partial charge in [-0.15, -0.1) is 0 Å². The highest BCUT2D eigenvalue weighted by Crippen LogP contribution is 2.18. The van der Waals surface area contributed by atoms with Crippen LogP contribution in [0.5, 0.6) is 5.75 Å². The molecule has 3 heteroatoms. The number of ether oxygens (including phenoxy) is 1. The predicted molar refractivity (Wildman–Crippen MR) is 92.0 cm³/mol. The van der Waals surface area contributed by atoms with E-state index in [1.165, 1.54) is 11.1 Å². The molecule has 0 aliphatic rings. The quantitative estimate of drug-likeness (QED) is 0.735. The Hall–Kier alpha value is -1.45. The largest absolute Gasteiger partial charge is 0.489 e. The van der Waals surface area contributed by atoms with E-state index in [-0.39, 0.29) is 0 Å². The molecule has 2 nitrogen and oxygen atoms in total. The van der Waals surface area contributed by atoms with Crippen molar-refractivity contribution < 1.29 is 4.74 Å². The van der Waals surface area contributed by atoms with Crippen molar-refractivity contribution in [3.8, 4) is 5.75 Å². The highest BCUT2D eigenvalue weighted by Gasteiger charge is 2.04. The number of rotatable bonds is 8. The molecule has 21 heavy (non-hydrogen) atoms. The summed E-state index contributed by atoms with van der Waals surface area (Å²) >= 11 is 1.86. The van der Waals surface area contributed by atoms with Crippen LogP contribution in [-0.4, -0.2) is 18.6 Å². The van der Waals surface area contributed by atoms with E-state index in [1.54, 1.807) is 0 Å². The lowest BCUT2D eigenvalue weighted by Gasteiger charge is -2.14. The van der Waals surface area contributed by atoms with Gasteiger partial charge in [-0.1, -0.05) is 42.5 Å². The minimum atomic E-state index is 0.375. The second-order valence-corrected chi connectivity index (χ2v) is 6.00. The predicted octanol–water partition coefficient (Wildman–Crippen LogP) is 4.28. The molecule has 0 saturated carbocycles. The normalized spacial score (nSPS) is 12.1. The van der Waals surface area contributed by atoms with E-state index in [1.807, 2.05) is 42.1 Å². The highest BCUT2D eigenvalue weighted by molar-refractivity contribution is 7.98. The van der Waals surface area contributed by atoms with Crippen LogP contribution in [0.25, 0.3) is 0 Å².